The molecule has 0 fully saturated rings. The number of aromatic nitrogens is 2. The third kappa shape index (κ3) is 2.88. The Labute approximate surface area is 139 Å². The predicted octanol–water partition coefficient (Wildman–Crippen LogP) is 3.12. The molecule has 0 amide bonds. The summed E-state index contributed by atoms with van der Waals surface area (Å²) in [5, 5.41) is 0. The number of nitrogens with zero attached hydrogens (tertiary/aromatic N) is 2. The molecule has 0 aliphatic rings. The minimum Gasteiger partial charge on any atom is -0.493 e. The Hall–Kier alpha value is -3.08. The standard InChI is InChI=1S/C19H18N2O3/c1-21-16-7-5-4-6-14(16)20-15(19(21)22)10-8-13-9-11-17(23-2)18(12-13)24-3/h4-12H,1-3H3/b10-8+. The molecule has 0 atom stereocenters. The molecule has 1 aromatic heterocycles. The van der Waals surface area contributed by atoms with Crippen molar-refractivity contribution in [1.82, 2.24) is 9.55 Å². The van der Waals surface area contributed by atoms with Crippen LogP contribution in [0.2, 0.25) is 0 Å². The molecule has 0 radical (unpaired) electrons. The van der Waals surface area contributed by atoms with Gasteiger partial charge in [-0.1, -0.05) is 24.3 Å². The van der Waals surface area contributed by atoms with E-state index < -0.39 is 0 Å². The van der Waals surface area contributed by atoms with Crippen LogP contribution < -0.4 is 15.0 Å². The molecule has 5 heteroatoms. The zero-order valence-corrected chi connectivity index (χ0v) is 13.8. The van der Waals surface area contributed by atoms with Gasteiger partial charge < -0.3 is 14.0 Å². The molecule has 0 saturated carbocycles. The summed E-state index contributed by atoms with van der Waals surface area (Å²) in [6, 6.07) is 13.1. The van der Waals surface area contributed by atoms with Crippen LogP contribution in [0.1, 0.15) is 11.3 Å². The van der Waals surface area contributed by atoms with Crippen molar-refractivity contribution in [1.29, 1.82) is 0 Å². The van der Waals surface area contributed by atoms with E-state index in [1.165, 1.54) is 0 Å². The van der Waals surface area contributed by atoms with E-state index in [2.05, 4.69) is 4.98 Å². The van der Waals surface area contributed by atoms with Crippen molar-refractivity contribution in [3.63, 3.8) is 0 Å². The normalized spacial score (nSPS) is 11.1. The summed E-state index contributed by atoms with van der Waals surface area (Å²) < 4.78 is 12.1. The lowest BCUT2D eigenvalue weighted by molar-refractivity contribution is 0.355. The van der Waals surface area contributed by atoms with E-state index in [1.54, 1.807) is 31.9 Å². The molecule has 3 aromatic rings. The summed E-state index contributed by atoms with van der Waals surface area (Å²) in [7, 11) is 4.93. The summed E-state index contributed by atoms with van der Waals surface area (Å²) in [5.74, 6) is 1.30. The fourth-order valence-corrected chi connectivity index (χ4v) is 2.54. The van der Waals surface area contributed by atoms with Crippen molar-refractivity contribution in [2.24, 2.45) is 7.05 Å². The van der Waals surface area contributed by atoms with Crippen LogP contribution in [0, 0.1) is 0 Å². The predicted molar refractivity (Wildman–Crippen MR) is 95.5 cm³/mol. The van der Waals surface area contributed by atoms with Crippen LogP contribution in [-0.2, 0) is 7.05 Å². The highest BCUT2D eigenvalue weighted by Gasteiger charge is 2.06. The molecule has 0 spiro atoms. The molecule has 122 valence electrons. The Morgan fingerprint density at radius 1 is 1.00 bits per heavy atom. The first-order valence-electron chi connectivity index (χ1n) is 7.50. The average molecular weight is 322 g/mol. The zero-order valence-electron chi connectivity index (χ0n) is 13.8. The molecule has 5 nitrogen and oxygen atoms in total. The fourth-order valence-electron chi connectivity index (χ4n) is 2.54. The van der Waals surface area contributed by atoms with Gasteiger partial charge in [-0.25, -0.2) is 4.98 Å². The van der Waals surface area contributed by atoms with Gasteiger partial charge in [0, 0.05) is 7.05 Å². The van der Waals surface area contributed by atoms with Crippen LogP contribution >= 0.6 is 0 Å². The number of ether oxygens (including phenoxy) is 2. The van der Waals surface area contributed by atoms with Crippen molar-refractivity contribution in [2.45, 2.75) is 0 Å². The molecule has 1 heterocycles. The maximum absolute atomic E-state index is 12.4. The van der Waals surface area contributed by atoms with E-state index in [9.17, 15) is 4.79 Å². The summed E-state index contributed by atoms with van der Waals surface area (Å²) >= 11 is 0. The number of benzene rings is 2. The monoisotopic (exact) mass is 322 g/mol. The number of rotatable bonds is 4. The molecule has 0 aliphatic carbocycles. The highest BCUT2D eigenvalue weighted by Crippen LogP contribution is 2.28. The van der Waals surface area contributed by atoms with Gasteiger partial charge in [0.2, 0.25) is 0 Å². The Balaban J connectivity index is 2.02. The van der Waals surface area contributed by atoms with Crippen LogP contribution in [-0.4, -0.2) is 23.8 Å². The summed E-state index contributed by atoms with van der Waals surface area (Å²) in [6.45, 7) is 0. The SMILES string of the molecule is COc1ccc(/C=C/c2nc3ccccc3n(C)c2=O)cc1OC. The van der Waals surface area contributed by atoms with E-state index in [1.807, 2.05) is 48.5 Å². The molecule has 2 aromatic carbocycles. The molecule has 3 rings (SSSR count). The lowest BCUT2D eigenvalue weighted by Crippen LogP contribution is -2.21. The van der Waals surface area contributed by atoms with Crippen molar-refractivity contribution < 1.29 is 9.47 Å². The van der Waals surface area contributed by atoms with Gasteiger partial charge in [-0.3, -0.25) is 4.79 Å². The molecule has 0 aliphatic heterocycles. The second kappa shape index (κ2) is 6.58. The number of fused-ring (bicyclic) bond motifs is 1. The van der Waals surface area contributed by atoms with Gasteiger partial charge in [0.15, 0.2) is 11.5 Å². The summed E-state index contributed by atoms with van der Waals surface area (Å²) in [4.78, 5) is 16.9. The molecule has 0 bridgehead atoms. The highest BCUT2D eigenvalue weighted by molar-refractivity contribution is 5.77. The zero-order chi connectivity index (χ0) is 17.1. The smallest absolute Gasteiger partial charge is 0.276 e. The fraction of sp³-hybridized carbons (Fsp3) is 0.158. The van der Waals surface area contributed by atoms with Crippen LogP contribution in [0.15, 0.2) is 47.3 Å². The molecule has 0 unspecified atom stereocenters. The average Bonchev–Trinajstić information content (AvgIpc) is 2.63. The summed E-state index contributed by atoms with van der Waals surface area (Å²) in [6.07, 6.45) is 3.55. The Bertz CT molecular complexity index is 974. The second-order valence-corrected chi connectivity index (χ2v) is 5.30. The van der Waals surface area contributed by atoms with Crippen LogP contribution in [0.5, 0.6) is 11.5 Å². The topological polar surface area (TPSA) is 53.4 Å². The third-order valence-electron chi connectivity index (χ3n) is 3.85. The van der Waals surface area contributed by atoms with Crippen LogP contribution in [0.4, 0.5) is 0 Å². The number of para-hydroxylation sites is 2. The first kappa shape index (κ1) is 15.8. The van der Waals surface area contributed by atoms with E-state index in [0.29, 0.717) is 17.2 Å². The van der Waals surface area contributed by atoms with Crippen LogP contribution in [0.3, 0.4) is 0 Å². The third-order valence-corrected chi connectivity index (χ3v) is 3.85. The quantitative estimate of drug-likeness (QED) is 0.740. The van der Waals surface area contributed by atoms with Gasteiger partial charge in [0.1, 0.15) is 5.69 Å². The number of hydrogen-bond acceptors (Lipinski definition) is 4. The largest absolute Gasteiger partial charge is 0.493 e. The lowest BCUT2D eigenvalue weighted by atomic mass is 10.1. The van der Waals surface area contributed by atoms with Gasteiger partial charge in [-0.15, -0.1) is 0 Å². The second-order valence-electron chi connectivity index (χ2n) is 5.30. The van der Waals surface area contributed by atoms with E-state index >= 15 is 0 Å². The molecular weight excluding hydrogens is 304 g/mol. The molecule has 0 saturated heterocycles. The first-order chi connectivity index (χ1) is 11.6. The molecule has 24 heavy (non-hydrogen) atoms. The number of hydrogen-bond donors (Lipinski definition) is 0. The minimum absolute atomic E-state index is 0.134. The first-order valence-corrected chi connectivity index (χ1v) is 7.50. The maximum Gasteiger partial charge on any atom is 0.276 e. The molecule has 0 N–H and O–H groups in total. The van der Waals surface area contributed by atoms with Gasteiger partial charge in [-0.2, -0.15) is 0 Å². The lowest BCUT2D eigenvalue weighted by Gasteiger charge is -2.08. The number of aryl methyl sites for hydroxylation is 1. The van der Waals surface area contributed by atoms with Crippen molar-refractivity contribution in [3.8, 4) is 11.5 Å². The highest BCUT2D eigenvalue weighted by atomic mass is 16.5. The van der Waals surface area contributed by atoms with Gasteiger partial charge in [0.05, 0.1) is 25.3 Å². The van der Waals surface area contributed by atoms with Gasteiger partial charge in [0.25, 0.3) is 5.56 Å². The number of methoxy groups -OCH3 is 2. The minimum atomic E-state index is -0.134. The maximum atomic E-state index is 12.4. The molecular formula is C19H18N2O3. The van der Waals surface area contributed by atoms with Crippen LogP contribution in [0.25, 0.3) is 23.2 Å². The van der Waals surface area contributed by atoms with Crippen molar-refractivity contribution >= 4 is 23.2 Å². The Morgan fingerprint density at radius 2 is 1.75 bits per heavy atom. The van der Waals surface area contributed by atoms with E-state index in [0.717, 1.165) is 16.6 Å². The van der Waals surface area contributed by atoms with Gasteiger partial charge in [-0.05, 0) is 35.9 Å². The van der Waals surface area contributed by atoms with Crippen molar-refractivity contribution in [2.75, 3.05) is 14.2 Å². The Morgan fingerprint density at radius 3 is 2.50 bits per heavy atom. The van der Waals surface area contributed by atoms with Gasteiger partial charge >= 0.3 is 0 Å². The van der Waals surface area contributed by atoms with E-state index in [-0.39, 0.29) is 5.56 Å². The Kier molecular flexibility index (Phi) is 4.33. The van der Waals surface area contributed by atoms with E-state index in [4.69, 9.17) is 9.47 Å². The summed E-state index contributed by atoms with van der Waals surface area (Å²) in [5.41, 5.74) is 2.75. The van der Waals surface area contributed by atoms with Crippen molar-refractivity contribution in [3.05, 3.63) is 64.1 Å².